The maximum Gasteiger partial charge on any atom is 0.225 e. The Morgan fingerprint density at radius 2 is 2.15 bits per heavy atom. The predicted molar refractivity (Wildman–Crippen MR) is 52.3 cm³/mol. The number of amides is 1. The lowest BCUT2D eigenvalue weighted by atomic mass is 10.4. The third kappa shape index (κ3) is 4.90. The van der Waals surface area contributed by atoms with Crippen molar-refractivity contribution in [3.63, 3.8) is 0 Å². The molecule has 72 valence electrons. The van der Waals surface area contributed by atoms with Crippen LogP contribution in [0.4, 0.5) is 5.82 Å². The minimum absolute atomic E-state index is 0.0505. The Kier molecular flexibility index (Phi) is 6.41. The van der Waals surface area contributed by atoms with Gasteiger partial charge in [-0.3, -0.25) is 9.78 Å². The van der Waals surface area contributed by atoms with Crippen LogP contribution in [-0.2, 0) is 4.79 Å². The first-order chi connectivity index (χ1) is 6.33. The second-order valence-corrected chi connectivity index (χ2v) is 1.99. The third-order valence-corrected chi connectivity index (χ3v) is 1.15. The summed E-state index contributed by atoms with van der Waals surface area (Å²) in [6.45, 7) is 5.78. The molecule has 0 spiro atoms. The van der Waals surface area contributed by atoms with E-state index in [0.717, 1.165) is 0 Å². The molecule has 0 atom stereocenters. The van der Waals surface area contributed by atoms with Crippen molar-refractivity contribution < 1.29 is 4.79 Å². The van der Waals surface area contributed by atoms with Crippen LogP contribution in [-0.4, -0.2) is 15.9 Å². The molecule has 0 bridgehead atoms. The van der Waals surface area contributed by atoms with Gasteiger partial charge in [0.2, 0.25) is 5.91 Å². The second-order valence-electron chi connectivity index (χ2n) is 1.99. The second kappa shape index (κ2) is 7.21. The van der Waals surface area contributed by atoms with E-state index in [9.17, 15) is 4.79 Å². The van der Waals surface area contributed by atoms with Crippen LogP contribution in [0.3, 0.4) is 0 Å². The third-order valence-electron chi connectivity index (χ3n) is 1.15. The Morgan fingerprint density at radius 1 is 1.46 bits per heavy atom. The van der Waals surface area contributed by atoms with E-state index in [4.69, 9.17) is 0 Å². The van der Waals surface area contributed by atoms with Gasteiger partial charge in [0, 0.05) is 18.8 Å². The number of hydrogen-bond donors (Lipinski definition) is 1. The van der Waals surface area contributed by atoms with Gasteiger partial charge in [-0.2, -0.15) is 0 Å². The van der Waals surface area contributed by atoms with Gasteiger partial charge in [-0.05, 0) is 0 Å². The van der Waals surface area contributed by atoms with Crippen molar-refractivity contribution >= 4 is 11.7 Å². The Labute approximate surface area is 78.4 Å². The van der Waals surface area contributed by atoms with Gasteiger partial charge in [-0.25, -0.2) is 4.98 Å². The number of carbonyl (C=O) groups excluding carboxylic acids is 1. The standard InChI is InChI=1S/C7H9N3O.C2H6/c1-2-7(11)10-6-5-8-3-4-9-6;1-2/h3-5H,2H2,1H3,(H,9,10,11);1-2H3. The van der Waals surface area contributed by atoms with Crippen molar-refractivity contribution in [2.75, 3.05) is 5.32 Å². The molecule has 4 heteroatoms. The molecule has 0 saturated heterocycles. The van der Waals surface area contributed by atoms with E-state index in [1.54, 1.807) is 13.1 Å². The van der Waals surface area contributed by atoms with Gasteiger partial charge in [0.15, 0.2) is 5.82 Å². The maximum atomic E-state index is 10.8. The van der Waals surface area contributed by atoms with Crippen LogP contribution in [0.2, 0.25) is 0 Å². The fraction of sp³-hybridized carbons (Fsp3) is 0.444. The number of hydrogen-bond acceptors (Lipinski definition) is 3. The lowest BCUT2D eigenvalue weighted by molar-refractivity contribution is -0.115. The van der Waals surface area contributed by atoms with Crippen LogP contribution in [0, 0.1) is 0 Å². The molecule has 4 nitrogen and oxygen atoms in total. The smallest absolute Gasteiger partial charge is 0.225 e. The SMILES string of the molecule is CC.CCC(=O)Nc1cnccn1. The van der Waals surface area contributed by atoms with E-state index >= 15 is 0 Å². The highest BCUT2D eigenvalue weighted by atomic mass is 16.1. The molecule has 0 aliphatic heterocycles. The quantitative estimate of drug-likeness (QED) is 0.757. The van der Waals surface area contributed by atoms with Gasteiger partial charge in [0.1, 0.15) is 0 Å². The van der Waals surface area contributed by atoms with E-state index in [-0.39, 0.29) is 5.91 Å². The van der Waals surface area contributed by atoms with Crippen LogP contribution < -0.4 is 5.32 Å². The van der Waals surface area contributed by atoms with Gasteiger partial charge in [-0.15, -0.1) is 0 Å². The van der Waals surface area contributed by atoms with E-state index in [0.29, 0.717) is 12.2 Å². The largest absolute Gasteiger partial charge is 0.309 e. The summed E-state index contributed by atoms with van der Waals surface area (Å²) in [4.78, 5) is 18.5. The first-order valence-electron chi connectivity index (χ1n) is 4.38. The van der Waals surface area contributed by atoms with Gasteiger partial charge in [-0.1, -0.05) is 20.8 Å². The lowest BCUT2D eigenvalue weighted by Crippen LogP contribution is -2.10. The minimum atomic E-state index is -0.0505. The molecule has 0 saturated carbocycles. The molecule has 1 amide bonds. The summed E-state index contributed by atoms with van der Waals surface area (Å²) in [5, 5.41) is 2.58. The molecule has 1 rings (SSSR count). The van der Waals surface area contributed by atoms with E-state index in [1.807, 2.05) is 13.8 Å². The molecule has 13 heavy (non-hydrogen) atoms. The topological polar surface area (TPSA) is 54.9 Å². The number of anilines is 1. The summed E-state index contributed by atoms with van der Waals surface area (Å²) in [7, 11) is 0. The summed E-state index contributed by atoms with van der Waals surface area (Å²) in [6, 6.07) is 0. The molecule has 0 aliphatic carbocycles. The number of nitrogens with zero attached hydrogens (tertiary/aromatic N) is 2. The van der Waals surface area contributed by atoms with Crippen molar-refractivity contribution in [1.29, 1.82) is 0 Å². The first-order valence-corrected chi connectivity index (χ1v) is 4.38. The summed E-state index contributed by atoms with van der Waals surface area (Å²) in [5.41, 5.74) is 0. The van der Waals surface area contributed by atoms with Crippen molar-refractivity contribution in [3.05, 3.63) is 18.6 Å². The number of aromatic nitrogens is 2. The van der Waals surface area contributed by atoms with E-state index in [2.05, 4.69) is 15.3 Å². The summed E-state index contributed by atoms with van der Waals surface area (Å²) >= 11 is 0. The fourth-order valence-electron chi connectivity index (χ4n) is 0.595. The molecule has 1 aromatic heterocycles. The van der Waals surface area contributed by atoms with Gasteiger partial charge in [0.25, 0.3) is 0 Å². The molecule has 0 aromatic carbocycles. The highest BCUT2D eigenvalue weighted by Gasteiger charge is 1.97. The monoisotopic (exact) mass is 181 g/mol. The van der Waals surface area contributed by atoms with Crippen LogP contribution in [0.15, 0.2) is 18.6 Å². The van der Waals surface area contributed by atoms with E-state index in [1.165, 1.54) is 12.4 Å². The van der Waals surface area contributed by atoms with Crippen molar-refractivity contribution in [1.82, 2.24) is 9.97 Å². The lowest BCUT2D eigenvalue weighted by Gasteiger charge is -1.98. The zero-order valence-corrected chi connectivity index (χ0v) is 8.24. The Morgan fingerprint density at radius 3 is 2.62 bits per heavy atom. The maximum absolute atomic E-state index is 10.8. The average Bonchev–Trinajstić information content (AvgIpc) is 2.22. The van der Waals surface area contributed by atoms with Crippen LogP contribution in [0.5, 0.6) is 0 Å². The molecule has 1 N–H and O–H groups in total. The number of rotatable bonds is 2. The first kappa shape index (κ1) is 11.6. The molecule has 0 radical (unpaired) electrons. The highest BCUT2D eigenvalue weighted by molar-refractivity contribution is 5.89. The molecule has 0 fully saturated rings. The van der Waals surface area contributed by atoms with Crippen LogP contribution in [0.25, 0.3) is 0 Å². The van der Waals surface area contributed by atoms with Gasteiger partial charge < -0.3 is 5.32 Å². The van der Waals surface area contributed by atoms with Crippen LogP contribution >= 0.6 is 0 Å². The minimum Gasteiger partial charge on any atom is -0.309 e. The average molecular weight is 181 g/mol. The molecule has 1 heterocycles. The summed E-state index contributed by atoms with van der Waals surface area (Å²) < 4.78 is 0. The normalized spacial score (nSPS) is 8.23. The van der Waals surface area contributed by atoms with Gasteiger partial charge >= 0.3 is 0 Å². The molecular weight excluding hydrogens is 166 g/mol. The predicted octanol–water partition coefficient (Wildman–Crippen LogP) is 1.85. The van der Waals surface area contributed by atoms with Gasteiger partial charge in [0.05, 0.1) is 6.20 Å². The molecular formula is C9H15N3O. The Bertz CT molecular complexity index is 236. The fourth-order valence-corrected chi connectivity index (χ4v) is 0.595. The van der Waals surface area contributed by atoms with E-state index < -0.39 is 0 Å². The summed E-state index contributed by atoms with van der Waals surface area (Å²) in [5.74, 6) is 0.449. The van der Waals surface area contributed by atoms with Crippen molar-refractivity contribution in [3.8, 4) is 0 Å². The molecule has 0 unspecified atom stereocenters. The molecule has 1 aromatic rings. The Balaban J connectivity index is 0.000000671. The zero-order valence-electron chi connectivity index (χ0n) is 8.24. The van der Waals surface area contributed by atoms with Crippen molar-refractivity contribution in [2.45, 2.75) is 27.2 Å². The molecule has 0 aliphatic rings. The number of nitrogens with one attached hydrogen (secondary N) is 1. The summed E-state index contributed by atoms with van der Waals surface area (Å²) in [6.07, 6.45) is 5.05. The Hall–Kier alpha value is -1.45. The number of carbonyl (C=O) groups is 1. The zero-order chi connectivity index (χ0) is 10.1. The highest BCUT2D eigenvalue weighted by Crippen LogP contribution is 1.96. The van der Waals surface area contributed by atoms with Crippen molar-refractivity contribution in [2.24, 2.45) is 0 Å². The van der Waals surface area contributed by atoms with Crippen LogP contribution in [0.1, 0.15) is 27.2 Å².